The van der Waals surface area contributed by atoms with Crippen LogP contribution in [0.1, 0.15) is 22.3 Å². The van der Waals surface area contributed by atoms with E-state index >= 15 is 0 Å². The number of benzene rings is 2. The predicted octanol–water partition coefficient (Wildman–Crippen LogP) is 3.37. The van der Waals surface area contributed by atoms with Crippen molar-refractivity contribution in [2.45, 2.75) is 32.1 Å². The van der Waals surface area contributed by atoms with Gasteiger partial charge in [-0.2, -0.15) is 0 Å². The lowest BCUT2D eigenvalue weighted by molar-refractivity contribution is 0.411. The summed E-state index contributed by atoms with van der Waals surface area (Å²) in [5, 5.41) is 0. The maximum atomic E-state index is 13.2. The molecule has 1 heterocycles. The van der Waals surface area contributed by atoms with Gasteiger partial charge >= 0.3 is 0 Å². The third-order valence-electron chi connectivity index (χ3n) is 4.31. The van der Waals surface area contributed by atoms with Crippen LogP contribution in [0.15, 0.2) is 35.2 Å². The molecular weight excluding hydrogens is 310 g/mol. The molecule has 0 radical (unpaired) electrons. The zero-order valence-corrected chi connectivity index (χ0v) is 14.7. The third kappa shape index (κ3) is 2.49. The average molecular weight is 331 g/mol. The maximum Gasteiger partial charge on any atom is 0.264 e. The standard InChI is InChI=1S/C18H21NO3S/c1-12-10-13(2)18(14(3)11-12)23(20,21)19-9-8-15-16(19)6-5-7-17(15)22-4/h5-7,10-11H,8-9H2,1-4H3. The Morgan fingerprint density at radius 3 is 2.35 bits per heavy atom. The molecule has 122 valence electrons. The minimum Gasteiger partial charge on any atom is -0.496 e. The first-order valence-corrected chi connectivity index (χ1v) is 9.06. The maximum absolute atomic E-state index is 13.2. The Hall–Kier alpha value is -2.01. The quantitative estimate of drug-likeness (QED) is 0.866. The average Bonchev–Trinajstić information content (AvgIpc) is 2.90. The Morgan fingerprint density at radius 2 is 1.74 bits per heavy atom. The minimum atomic E-state index is -3.58. The highest BCUT2D eigenvalue weighted by atomic mass is 32.2. The normalized spacial score (nSPS) is 14.0. The summed E-state index contributed by atoms with van der Waals surface area (Å²) in [5.74, 6) is 0.748. The number of hydrogen-bond acceptors (Lipinski definition) is 3. The van der Waals surface area contributed by atoms with Gasteiger partial charge in [0.1, 0.15) is 5.75 Å². The van der Waals surface area contributed by atoms with E-state index in [0.717, 1.165) is 33.7 Å². The Balaban J connectivity index is 2.15. The highest BCUT2D eigenvalue weighted by molar-refractivity contribution is 7.93. The number of aryl methyl sites for hydroxylation is 3. The molecule has 0 atom stereocenters. The van der Waals surface area contributed by atoms with Gasteiger partial charge in [-0.1, -0.05) is 23.8 Å². The monoisotopic (exact) mass is 331 g/mol. The fourth-order valence-electron chi connectivity index (χ4n) is 3.50. The summed E-state index contributed by atoms with van der Waals surface area (Å²) in [4.78, 5) is 0.416. The molecule has 0 unspecified atom stereocenters. The van der Waals surface area contributed by atoms with E-state index in [9.17, 15) is 8.42 Å². The lowest BCUT2D eigenvalue weighted by atomic mass is 10.1. The molecule has 5 heteroatoms. The summed E-state index contributed by atoms with van der Waals surface area (Å²) in [6.45, 7) is 6.14. The van der Waals surface area contributed by atoms with Crippen molar-refractivity contribution in [2.24, 2.45) is 0 Å². The molecule has 3 rings (SSSR count). The van der Waals surface area contributed by atoms with Crippen LogP contribution in [-0.2, 0) is 16.4 Å². The number of hydrogen-bond donors (Lipinski definition) is 0. The zero-order valence-electron chi connectivity index (χ0n) is 13.9. The summed E-state index contributed by atoms with van der Waals surface area (Å²) in [5.41, 5.74) is 4.34. The SMILES string of the molecule is COc1cccc2c1CCN2S(=O)(=O)c1c(C)cc(C)cc1C. The Bertz CT molecular complexity index is 849. The Labute approximate surface area is 137 Å². The number of nitrogens with zero attached hydrogens (tertiary/aromatic N) is 1. The molecule has 0 N–H and O–H groups in total. The van der Waals surface area contributed by atoms with Crippen LogP contribution in [0.2, 0.25) is 0 Å². The first-order chi connectivity index (χ1) is 10.9. The van der Waals surface area contributed by atoms with Crippen LogP contribution in [0.4, 0.5) is 5.69 Å². The van der Waals surface area contributed by atoms with Gasteiger partial charge in [-0.25, -0.2) is 8.42 Å². The topological polar surface area (TPSA) is 46.6 Å². The van der Waals surface area contributed by atoms with E-state index in [2.05, 4.69) is 0 Å². The lowest BCUT2D eigenvalue weighted by Gasteiger charge is -2.22. The van der Waals surface area contributed by atoms with Gasteiger partial charge in [0.25, 0.3) is 10.0 Å². The predicted molar refractivity (Wildman–Crippen MR) is 91.9 cm³/mol. The first-order valence-electron chi connectivity index (χ1n) is 7.62. The minimum absolute atomic E-state index is 0.416. The molecule has 0 amide bonds. The second-order valence-electron chi connectivity index (χ2n) is 6.01. The number of methoxy groups -OCH3 is 1. The van der Waals surface area contributed by atoms with Crippen LogP contribution in [0.25, 0.3) is 0 Å². The van der Waals surface area contributed by atoms with Gasteiger partial charge in [0.05, 0.1) is 17.7 Å². The van der Waals surface area contributed by atoms with Crippen molar-refractivity contribution < 1.29 is 13.2 Å². The number of anilines is 1. The van der Waals surface area contributed by atoms with Gasteiger partial charge in [0.15, 0.2) is 0 Å². The molecule has 0 saturated heterocycles. The molecule has 0 saturated carbocycles. The van der Waals surface area contributed by atoms with Crippen LogP contribution in [0.5, 0.6) is 5.75 Å². The van der Waals surface area contributed by atoms with E-state index in [0.29, 0.717) is 17.9 Å². The molecule has 0 bridgehead atoms. The van der Waals surface area contributed by atoms with E-state index in [-0.39, 0.29) is 0 Å². The van der Waals surface area contributed by atoms with Gasteiger partial charge in [0.2, 0.25) is 0 Å². The zero-order chi connectivity index (χ0) is 16.8. The molecule has 0 fully saturated rings. The highest BCUT2D eigenvalue weighted by Crippen LogP contribution is 2.39. The van der Waals surface area contributed by atoms with E-state index in [1.807, 2.05) is 51.1 Å². The lowest BCUT2D eigenvalue weighted by Crippen LogP contribution is -2.30. The van der Waals surface area contributed by atoms with Crippen molar-refractivity contribution >= 4 is 15.7 Å². The molecule has 0 aliphatic carbocycles. The second-order valence-corrected chi connectivity index (χ2v) is 7.81. The first kappa shape index (κ1) is 15.9. The van der Waals surface area contributed by atoms with E-state index in [1.165, 1.54) is 4.31 Å². The Kier molecular flexibility index (Phi) is 3.84. The van der Waals surface area contributed by atoms with Crippen molar-refractivity contribution in [1.82, 2.24) is 0 Å². The second kappa shape index (κ2) is 5.57. The van der Waals surface area contributed by atoms with Gasteiger partial charge in [-0.05, 0) is 50.5 Å². The number of sulfonamides is 1. The highest BCUT2D eigenvalue weighted by Gasteiger charge is 2.34. The van der Waals surface area contributed by atoms with Crippen LogP contribution in [-0.4, -0.2) is 22.1 Å². The van der Waals surface area contributed by atoms with Crippen LogP contribution >= 0.6 is 0 Å². The molecule has 1 aliphatic heterocycles. The largest absolute Gasteiger partial charge is 0.496 e. The summed E-state index contributed by atoms with van der Waals surface area (Å²) in [6, 6.07) is 9.39. The molecule has 0 aromatic heterocycles. The van der Waals surface area contributed by atoms with E-state index < -0.39 is 10.0 Å². The molecular formula is C18H21NO3S. The fraction of sp³-hybridized carbons (Fsp3) is 0.333. The van der Waals surface area contributed by atoms with Gasteiger partial charge in [-0.3, -0.25) is 4.31 Å². The Morgan fingerprint density at radius 1 is 1.09 bits per heavy atom. The summed E-state index contributed by atoms with van der Waals surface area (Å²) < 4.78 is 33.3. The molecule has 2 aromatic carbocycles. The molecule has 0 spiro atoms. The van der Waals surface area contributed by atoms with Crippen LogP contribution in [0.3, 0.4) is 0 Å². The molecule has 2 aromatic rings. The fourth-order valence-corrected chi connectivity index (χ4v) is 5.41. The van der Waals surface area contributed by atoms with Gasteiger partial charge < -0.3 is 4.74 Å². The number of ether oxygens (including phenoxy) is 1. The van der Waals surface area contributed by atoms with Gasteiger partial charge in [-0.15, -0.1) is 0 Å². The van der Waals surface area contributed by atoms with Crippen molar-refractivity contribution in [1.29, 1.82) is 0 Å². The number of rotatable bonds is 3. The molecule has 23 heavy (non-hydrogen) atoms. The number of fused-ring (bicyclic) bond motifs is 1. The van der Waals surface area contributed by atoms with Crippen molar-refractivity contribution in [3.05, 3.63) is 52.6 Å². The summed E-state index contributed by atoms with van der Waals surface area (Å²) >= 11 is 0. The van der Waals surface area contributed by atoms with Crippen LogP contribution < -0.4 is 9.04 Å². The summed E-state index contributed by atoms with van der Waals surface area (Å²) in [7, 11) is -1.97. The smallest absolute Gasteiger partial charge is 0.264 e. The van der Waals surface area contributed by atoms with Crippen LogP contribution in [0, 0.1) is 20.8 Å². The van der Waals surface area contributed by atoms with Crippen molar-refractivity contribution in [3.8, 4) is 5.75 Å². The van der Waals surface area contributed by atoms with E-state index in [4.69, 9.17) is 4.74 Å². The summed E-state index contributed by atoms with van der Waals surface area (Å²) in [6.07, 6.45) is 0.669. The van der Waals surface area contributed by atoms with E-state index in [1.54, 1.807) is 7.11 Å². The van der Waals surface area contributed by atoms with Crippen molar-refractivity contribution in [2.75, 3.05) is 18.0 Å². The van der Waals surface area contributed by atoms with Crippen molar-refractivity contribution in [3.63, 3.8) is 0 Å². The molecule has 1 aliphatic rings. The van der Waals surface area contributed by atoms with Gasteiger partial charge in [0, 0.05) is 12.1 Å². The molecule has 4 nitrogen and oxygen atoms in total. The third-order valence-corrected chi connectivity index (χ3v) is 6.43.